The lowest BCUT2D eigenvalue weighted by molar-refractivity contribution is -0.179. The fraction of sp³-hybridized carbons (Fsp3) is 0.600. The van der Waals surface area contributed by atoms with Gasteiger partial charge in [-0.1, -0.05) is 17.7 Å². The Kier molecular flexibility index (Phi) is 6.36. The number of benzene rings is 1. The predicted molar refractivity (Wildman–Crippen MR) is 96.2 cm³/mol. The lowest BCUT2D eigenvalue weighted by Gasteiger charge is -2.38. The summed E-state index contributed by atoms with van der Waals surface area (Å²) in [5.74, 6) is -0.194. The van der Waals surface area contributed by atoms with Gasteiger partial charge in [0, 0.05) is 25.9 Å². The van der Waals surface area contributed by atoms with Crippen LogP contribution in [-0.2, 0) is 25.6 Å². The maximum Gasteiger partial charge on any atom is 0.312 e. The zero-order chi connectivity index (χ0) is 18.6. The molecule has 25 heavy (non-hydrogen) atoms. The maximum absolute atomic E-state index is 12.8. The van der Waals surface area contributed by atoms with Gasteiger partial charge in [0.15, 0.2) is 0 Å². The highest BCUT2D eigenvalue weighted by molar-refractivity contribution is 5.88. The standard InChI is InChI=1S/C20H29NO4/c1-14-10-15(2)18(16(3)11-14)12-17(22)13-20(19(23)24-4)6-8-21(25-5)9-7-20/h10-11H,6-9,12-13H2,1-5H3. The molecule has 0 saturated carbocycles. The van der Waals surface area contributed by atoms with E-state index in [9.17, 15) is 9.59 Å². The number of ketones is 1. The molecule has 0 N–H and O–H groups in total. The number of rotatable bonds is 6. The molecule has 1 aliphatic rings. The fourth-order valence-electron chi connectivity index (χ4n) is 3.89. The van der Waals surface area contributed by atoms with Crippen molar-refractivity contribution in [3.05, 3.63) is 34.4 Å². The number of methoxy groups -OCH3 is 1. The number of piperidine rings is 1. The van der Waals surface area contributed by atoms with Crippen LogP contribution < -0.4 is 0 Å². The largest absolute Gasteiger partial charge is 0.469 e. The van der Waals surface area contributed by atoms with Crippen LogP contribution in [0.5, 0.6) is 0 Å². The van der Waals surface area contributed by atoms with E-state index in [2.05, 4.69) is 19.1 Å². The molecule has 138 valence electrons. The van der Waals surface area contributed by atoms with Gasteiger partial charge in [0.25, 0.3) is 0 Å². The summed E-state index contributed by atoms with van der Waals surface area (Å²) in [6, 6.07) is 4.20. The summed E-state index contributed by atoms with van der Waals surface area (Å²) in [4.78, 5) is 30.4. The van der Waals surface area contributed by atoms with Crippen molar-refractivity contribution in [2.45, 2.75) is 46.5 Å². The van der Waals surface area contributed by atoms with Crippen molar-refractivity contribution in [2.24, 2.45) is 5.41 Å². The molecule has 1 aromatic carbocycles. The second kappa shape index (κ2) is 8.11. The molecule has 1 fully saturated rings. The van der Waals surface area contributed by atoms with Crippen molar-refractivity contribution in [2.75, 3.05) is 27.3 Å². The van der Waals surface area contributed by atoms with Gasteiger partial charge in [-0.15, -0.1) is 0 Å². The van der Waals surface area contributed by atoms with Gasteiger partial charge >= 0.3 is 5.97 Å². The van der Waals surface area contributed by atoms with Gasteiger partial charge in [-0.2, -0.15) is 5.06 Å². The summed E-state index contributed by atoms with van der Waals surface area (Å²) in [5.41, 5.74) is 3.81. The van der Waals surface area contributed by atoms with Gasteiger partial charge in [-0.05, 0) is 50.3 Å². The van der Waals surface area contributed by atoms with Crippen LogP contribution in [0.3, 0.4) is 0 Å². The van der Waals surface area contributed by atoms with E-state index in [-0.39, 0.29) is 18.2 Å². The second-order valence-corrected chi connectivity index (χ2v) is 7.15. The first-order valence-corrected chi connectivity index (χ1v) is 8.77. The Morgan fingerprint density at radius 3 is 2.12 bits per heavy atom. The Hall–Kier alpha value is -1.72. The number of nitrogens with zero attached hydrogens (tertiary/aromatic N) is 1. The average molecular weight is 347 g/mol. The summed E-state index contributed by atoms with van der Waals surface area (Å²) < 4.78 is 5.03. The van der Waals surface area contributed by atoms with E-state index in [4.69, 9.17) is 9.57 Å². The van der Waals surface area contributed by atoms with Crippen molar-refractivity contribution in [1.82, 2.24) is 5.06 Å². The lowest BCUT2D eigenvalue weighted by Crippen LogP contribution is -2.45. The molecule has 0 unspecified atom stereocenters. The molecule has 2 rings (SSSR count). The molecule has 5 heteroatoms. The molecular weight excluding hydrogens is 318 g/mol. The minimum Gasteiger partial charge on any atom is -0.469 e. The number of ether oxygens (including phenoxy) is 1. The average Bonchev–Trinajstić information content (AvgIpc) is 2.58. The Labute approximate surface area is 150 Å². The number of aryl methyl sites for hydroxylation is 3. The van der Waals surface area contributed by atoms with Gasteiger partial charge in [-0.3, -0.25) is 9.59 Å². The highest BCUT2D eigenvalue weighted by Gasteiger charge is 2.44. The lowest BCUT2D eigenvalue weighted by atomic mass is 9.74. The van der Waals surface area contributed by atoms with E-state index < -0.39 is 5.41 Å². The first-order valence-electron chi connectivity index (χ1n) is 8.77. The number of hydrogen-bond donors (Lipinski definition) is 0. The van der Waals surface area contributed by atoms with Crippen LogP contribution >= 0.6 is 0 Å². The van der Waals surface area contributed by atoms with Crippen LogP contribution in [-0.4, -0.2) is 44.1 Å². The van der Waals surface area contributed by atoms with E-state index >= 15 is 0 Å². The monoisotopic (exact) mass is 347 g/mol. The van der Waals surface area contributed by atoms with Crippen LogP contribution in [0.4, 0.5) is 0 Å². The van der Waals surface area contributed by atoms with Gasteiger partial charge < -0.3 is 9.57 Å². The zero-order valence-corrected chi connectivity index (χ0v) is 16.0. The highest BCUT2D eigenvalue weighted by Crippen LogP contribution is 2.37. The highest BCUT2D eigenvalue weighted by atomic mass is 16.7. The van der Waals surface area contributed by atoms with E-state index in [0.717, 1.165) is 16.7 Å². The number of carbonyl (C=O) groups excluding carboxylic acids is 2. The van der Waals surface area contributed by atoms with Crippen molar-refractivity contribution in [1.29, 1.82) is 0 Å². The molecule has 0 aliphatic carbocycles. The quantitative estimate of drug-likeness (QED) is 0.741. The minimum absolute atomic E-state index is 0.0892. The summed E-state index contributed by atoms with van der Waals surface area (Å²) in [7, 11) is 3.02. The fourth-order valence-corrected chi connectivity index (χ4v) is 3.89. The van der Waals surface area contributed by atoms with Crippen LogP contribution in [0.2, 0.25) is 0 Å². The smallest absolute Gasteiger partial charge is 0.312 e. The maximum atomic E-state index is 12.8. The minimum atomic E-state index is -0.729. The molecule has 1 saturated heterocycles. The van der Waals surface area contributed by atoms with Crippen LogP contribution in [0.25, 0.3) is 0 Å². The van der Waals surface area contributed by atoms with Gasteiger partial charge in [0.05, 0.1) is 19.6 Å². The Bertz CT molecular complexity index is 622. The molecule has 0 radical (unpaired) electrons. The number of carbonyl (C=O) groups is 2. The molecular formula is C20H29NO4. The summed E-state index contributed by atoms with van der Waals surface area (Å²) in [5, 5.41) is 1.82. The molecule has 0 spiro atoms. The van der Waals surface area contributed by atoms with Crippen LogP contribution in [0, 0.1) is 26.2 Å². The number of Topliss-reactive ketones (excluding diaryl/α,β-unsaturated/α-hetero) is 1. The van der Waals surface area contributed by atoms with Crippen molar-refractivity contribution < 1.29 is 19.2 Å². The first-order chi connectivity index (χ1) is 11.8. The Morgan fingerprint density at radius 1 is 1.08 bits per heavy atom. The Morgan fingerprint density at radius 2 is 1.64 bits per heavy atom. The molecule has 1 aromatic rings. The van der Waals surface area contributed by atoms with Crippen molar-refractivity contribution in [3.63, 3.8) is 0 Å². The molecule has 0 aromatic heterocycles. The summed E-state index contributed by atoms with van der Waals surface area (Å²) >= 11 is 0. The molecule has 0 atom stereocenters. The SMILES string of the molecule is COC(=O)C1(CC(=O)Cc2c(C)cc(C)cc2C)CCN(OC)CC1. The first kappa shape index (κ1) is 19.6. The van der Waals surface area contributed by atoms with Crippen LogP contribution in [0.15, 0.2) is 12.1 Å². The normalized spacial score (nSPS) is 17.3. The molecule has 0 bridgehead atoms. The number of hydroxylamine groups is 2. The van der Waals surface area contributed by atoms with Gasteiger partial charge in [0.2, 0.25) is 0 Å². The second-order valence-electron chi connectivity index (χ2n) is 7.15. The molecule has 1 aliphatic heterocycles. The van der Waals surface area contributed by atoms with E-state index in [0.29, 0.717) is 32.4 Å². The topological polar surface area (TPSA) is 55.8 Å². The van der Waals surface area contributed by atoms with Gasteiger partial charge in [0.1, 0.15) is 5.78 Å². The molecule has 0 amide bonds. The molecule has 5 nitrogen and oxygen atoms in total. The van der Waals surface area contributed by atoms with Gasteiger partial charge in [-0.25, -0.2) is 0 Å². The summed E-state index contributed by atoms with van der Waals surface area (Å²) in [6.45, 7) is 7.38. The third-order valence-corrected chi connectivity index (χ3v) is 5.31. The number of esters is 1. The zero-order valence-electron chi connectivity index (χ0n) is 16.0. The van der Waals surface area contributed by atoms with E-state index in [1.807, 2.05) is 18.9 Å². The van der Waals surface area contributed by atoms with E-state index in [1.54, 1.807) is 7.11 Å². The predicted octanol–water partition coefficient (Wildman–Crippen LogP) is 2.93. The van der Waals surface area contributed by atoms with Crippen LogP contribution in [0.1, 0.15) is 41.5 Å². The van der Waals surface area contributed by atoms with E-state index in [1.165, 1.54) is 12.7 Å². The number of hydrogen-bond acceptors (Lipinski definition) is 5. The van der Waals surface area contributed by atoms with Crippen molar-refractivity contribution >= 4 is 11.8 Å². The third kappa shape index (κ3) is 4.47. The van der Waals surface area contributed by atoms with Crippen molar-refractivity contribution in [3.8, 4) is 0 Å². The summed E-state index contributed by atoms with van der Waals surface area (Å²) in [6.07, 6.45) is 1.74. The third-order valence-electron chi connectivity index (χ3n) is 5.31. The Balaban J connectivity index is 2.14. The molecule has 1 heterocycles.